The van der Waals surface area contributed by atoms with E-state index in [9.17, 15) is 4.79 Å². The number of hydrogen-bond donors (Lipinski definition) is 1. The van der Waals surface area contributed by atoms with Crippen LogP contribution in [0.2, 0.25) is 19.1 Å². The van der Waals surface area contributed by atoms with E-state index in [1.165, 1.54) is 51.0 Å². The Morgan fingerprint density at radius 2 is 1.56 bits per heavy atom. The Balaban J connectivity index is 3.64. The molecule has 0 atom stereocenters. The zero-order chi connectivity index (χ0) is 14.0. The van der Waals surface area contributed by atoms with E-state index in [0.29, 0.717) is 5.57 Å². The van der Waals surface area contributed by atoms with Crippen LogP contribution >= 0.6 is 0 Å². The molecule has 0 aliphatic carbocycles. The van der Waals surface area contributed by atoms with Gasteiger partial charge in [0.15, 0.2) is 8.24 Å². The molecule has 2 nitrogen and oxygen atoms in total. The Morgan fingerprint density at radius 1 is 1.06 bits per heavy atom. The summed E-state index contributed by atoms with van der Waals surface area (Å²) in [6.45, 7) is 12.2. The molecule has 0 fully saturated rings. The van der Waals surface area contributed by atoms with Crippen molar-refractivity contribution in [1.29, 1.82) is 0 Å². The molecular weight excluding hydrogens is 238 g/mol. The molecule has 0 spiro atoms. The number of hydrogen-bond acceptors (Lipinski definition) is 1. The van der Waals surface area contributed by atoms with Crippen molar-refractivity contribution in [3.05, 3.63) is 12.2 Å². The van der Waals surface area contributed by atoms with E-state index in [2.05, 4.69) is 31.6 Å². The van der Waals surface area contributed by atoms with Crippen molar-refractivity contribution in [1.82, 2.24) is 4.98 Å². The first-order valence-corrected chi connectivity index (χ1v) is 10.6. The van der Waals surface area contributed by atoms with Gasteiger partial charge in [0.2, 0.25) is 5.91 Å². The number of amides is 1. The van der Waals surface area contributed by atoms with Crippen molar-refractivity contribution < 1.29 is 4.79 Å². The molecule has 0 aromatic carbocycles. The molecule has 0 rings (SSSR count). The van der Waals surface area contributed by atoms with Gasteiger partial charge in [-0.15, -0.1) is 0 Å². The predicted octanol–water partition coefficient (Wildman–Crippen LogP) is 4.63. The molecule has 0 aliphatic heterocycles. The fourth-order valence-electron chi connectivity index (χ4n) is 2.00. The van der Waals surface area contributed by atoms with Gasteiger partial charge in [0, 0.05) is 5.57 Å². The first-order chi connectivity index (χ1) is 8.39. The normalized spacial score (nSPS) is 11.3. The molecule has 1 amide bonds. The molecule has 0 aromatic heterocycles. The SMILES string of the molecule is C=C(C)C(=O)N[Si](C)(C)CCCCCCCCC. The second kappa shape index (κ2) is 9.37. The first-order valence-electron chi connectivity index (χ1n) is 7.37. The Bertz CT molecular complexity index is 261. The van der Waals surface area contributed by atoms with E-state index in [-0.39, 0.29) is 5.91 Å². The number of nitrogens with one attached hydrogen (secondary N) is 1. The van der Waals surface area contributed by atoms with Crippen LogP contribution in [0.15, 0.2) is 12.2 Å². The average Bonchev–Trinajstić information content (AvgIpc) is 2.27. The largest absolute Gasteiger partial charge is 0.378 e. The Labute approximate surface area is 114 Å². The molecule has 0 aromatic rings. The molecule has 0 heterocycles. The molecule has 3 heteroatoms. The third kappa shape index (κ3) is 9.46. The molecule has 0 saturated carbocycles. The van der Waals surface area contributed by atoms with Crippen LogP contribution in [0.5, 0.6) is 0 Å². The van der Waals surface area contributed by atoms with Crippen LogP contribution in [0.4, 0.5) is 0 Å². The lowest BCUT2D eigenvalue weighted by molar-refractivity contribution is -0.116. The van der Waals surface area contributed by atoms with E-state index >= 15 is 0 Å². The van der Waals surface area contributed by atoms with Crippen molar-refractivity contribution in [2.24, 2.45) is 0 Å². The van der Waals surface area contributed by atoms with Crippen LogP contribution in [-0.4, -0.2) is 14.1 Å². The molecule has 0 radical (unpaired) electrons. The van der Waals surface area contributed by atoms with Crippen LogP contribution < -0.4 is 4.98 Å². The summed E-state index contributed by atoms with van der Waals surface area (Å²) >= 11 is 0. The first kappa shape index (κ1) is 17.4. The molecule has 0 bridgehead atoms. The second-order valence-corrected chi connectivity index (χ2v) is 10.5. The number of unbranched alkanes of at least 4 members (excludes halogenated alkanes) is 6. The van der Waals surface area contributed by atoms with E-state index in [1.807, 2.05) is 0 Å². The highest BCUT2D eigenvalue weighted by Gasteiger charge is 2.22. The molecular formula is C15H31NOSi. The summed E-state index contributed by atoms with van der Waals surface area (Å²) in [4.78, 5) is 14.8. The molecule has 18 heavy (non-hydrogen) atoms. The van der Waals surface area contributed by atoms with Gasteiger partial charge in [0.1, 0.15) is 0 Å². The van der Waals surface area contributed by atoms with Gasteiger partial charge in [-0.3, -0.25) is 4.79 Å². The predicted molar refractivity (Wildman–Crippen MR) is 83.2 cm³/mol. The maximum absolute atomic E-state index is 11.6. The third-order valence-electron chi connectivity index (χ3n) is 3.24. The minimum absolute atomic E-state index is 0.0367. The van der Waals surface area contributed by atoms with Crippen LogP contribution in [0.1, 0.15) is 58.8 Å². The van der Waals surface area contributed by atoms with Crippen molar-refractivity contribution in [3.63, 3.8) is 0 Å². The van der Waals surface area contributed by atoms with Gasteiger partial charge in [-0.25, -0.2) is 0 Å². The number of carbonyl (C=O) groups excluding carboxylic acids is 1. The number of carbonyl (C=O) groups is 1. The quantitative estimate of drug-likeness (QED) is 0.349. The fourth-order valence-corrected chi connectivity index (χ4v) is 4.09. The van der Waals surface area contributed by atoms with Crippen molar-refractivity contribution in [3.8, 4) is 0 Å². The van der Waals surface area contributed by atoms with Crippen molar-refractivity contribution >= 4 is 14.1 Å². The Hall–Kier alpha value is -0.573. The summed E-state index contributed by atoms with van der Waals surface area (Å²) in [5, 5.41) is 0. The molecule has 1 N–H and O–H groups in total. The summed E-state index contributed by atoms with van der Waals surface area (Å²) in [7, 11) is -1.56. The van der Waals surface area contributed by atoms with Gasteiger partial charge in [-0.1, -0.05) is 71.5 Å². The highest BCUT2D eigenvalue weighted by molar-refractivity contribution is 6.77. The fraction of sp³-hybridized carbons (Fsp3) is 0.800. The summed E-state index contributed by atoms with van der Waals surface area (Å²) in [5.74, 6) is 0.0367. The highest BCUT2D eigenvalue weighted by atomic mass is 28.3. The lowest BCUT2D eigenvalue weighted by Crippen LogP contribution is -2.48. The van der Waals surface area contributed by atoms with Gasteiger partial charge in [-0.2, -0.15) is 0 Å². The topological polar surface area (TPSA) is 29.1 Å². The zero-order valence-electron chi connectivity index (χ0n) is 12.8. The van der Waals surface area contributed by atoms with E-state index in [1.54, 1.807) is 6.92 Å². The maximum Gasteiger partial charge on any atom is 0.238 e. The van der Waals surface area contributed by atoms with Gasteiger partial charge < -0.3 is 4.98 Å². The summed E-state index contributed by atoms with van der Waals surface area (Å²) in [6, 6.07) is 1.18. The van der Waals surface area contributed by atoms with Crippen LogP contribution in [0.25, 0.3) is 0 Å². The van der Waals surface area contributed by atoms with E-state index < -0.39 is 8.24 Å². The molecule has 106 valence electrons. The van der Waals surface area contributed by atoms with E-state index in [4.69, 9.17) is 0 Å². The monoisotopic (exact) mass is 269 g/mol. The lowest BCUT2D eigenvalue weighted by atomic mass is 10.1. The zero-order valence-corrected chi connectivity index (χ0v) is 13.8. The number of rotatable bonds is 10. The van der Waals surface area contributed by atoms with E-state index in [0.717, 1.165) is 0 Å². The molecule has 0 aliphatic rings. The average molecular weight is 270 g/mol. The Kier molecular flexibility index (Phi) is 9.07. The van der Waals surface area contributed by atoms with Gasteiger partial charge >= 0.3 is 0 Å². The maximum atomic E-state index is 11.6. The summed E-state index contributed by atoms with van der Waals surface area (Å²) in [6.07, 6.45) is 9.34. The minimum atomic E-state index is -1.56. The minimum Gasteiger partial charge on any atom is -0.378 e. The Morgan fingerprint density at radius 3 is 2.06 bits per heavy atom. The van der Waals surface area contributed by atoms with Crippen molar-refractivity contribution in [2.75, 3.05) is 0 Å². The van der Waals surface area contributed by atoms with Crippen LogP contribution in [-0.2, 0) is 4.79 Å². The van der Waals surface area contributed by atoms with Crippen LogP contribution in [0.3, 0.4) is 0 Å². The van der Waals surface area contributed by atoms with Gasteiger partial charge in [0.25, 0.3) is 0 Å². The molecule has 0 unspecified atom stereocenters. The summed E-state index contributed by atoms with van der Waals surface area (Å²) in [5.41, 5.74) is 0.621. The van der Waals surface area contributed by atoms with Crippen molar-refractivity contribution in [2.45, 2.75) is 77.9 Å². The van der Waals surface area contributed by atoms with Crippen LogP contribution in [0, 0.1) is 0 Å². The second-order valence-electron chi connectivity index (χ2n) is 5.99. The highest BCUT2D eigenvalue weighted by Crippen LogP contribution is 2.14. The smallest absolute Gasteiger partial charge is 0.238 e. The standard InChI is InChI=1S/C15H31NOSi/c1-6-7-8-9-10-11-12-13-18(4,5)16-15(17)14(2)3/h2,6-13H2,1,3-5H3,(H,16,17). The lowest BCUT2D eigenvalue weighted by Gasteiger charge is -2.23. The summed E-state index contributed by atoms with van der Waals surface area (Å²) < 4.78 is 0. The van der Waals surface area contributed by atoms with Gasteiger partial charge in [0.05, 0.1) is 0 Å². The molecule has 0 saturated heterocycles. The van der Waals surface area contributed by atoms with Gasteiger partial charge in [-0.05, 0) is 13.0 Å². The third-order valence-corrected chi connectivity index (χ3v) is 5.75.